The Morgan fingerprint density at radius 2 is 1.41 bits per heavy atom. The fraction of sp³-hybridized carbons (Fsp3) is 0.364. The maximum atomic E-state index is 12.6. The summed E-state index contributed by atoms with van der Waals surface area (Å²) in [5, 5.41) is 3.09. The van der Waals surface area contributed by atoms with Gasteiger partial charge in [0.05, 0.1) is 12.1 Å². The minimum atomic E-state index is -0.217. The van der Waals surface area contributed by atoms with E-state index in [1.54, 1.807) is 0 Å². The standard InChI is InChI=1S/C22H27N3O2/c1-17(19-9-5-3-6-10-19)23-21(26)18(2)24-13-15-25(16-14-24)22(27)20-11-7-4-8-12-20/h3-12,17-18H,13-16H2,1-2H3,(H,23,26). The van der Waals surface area contributed by atoms with Gasteiger partial charge in [-0.25, -0.2) is 0 Å². The first-order valence-electron chi connectivity index (χ1n) is 9.50. The van der Waals surface area contributed by atoms with Gasteiger partial charge in [0.15, 0.2) is 0 Å². The van der Waals surface area contributed by atoms with E-state index in [4.69, 9.17) is 0 Å². The maximum Gasteiger partial charge on any atom is 0.253 e. The molecule has 0 spiro atoms. The van der Waals surface area contributed by atoms with Gasteiger partial charge in [-0.15, -0.1) is 0 Å². The lowest BCUT2D eigenvalue weighted by Gasteiger charge is -2.37. The van der Waals surface area contributed by atoms with Crippen molar-refractivity contribution >= 4 is 11.8 Å². The van der Waals surface area contributed by atoms with Crippen LogP contribution in [0.4, 0.5) is 0 Å². The van der Waals surface area contributed by atoms with E-state index in [1.165, 1.54) is 0 Å². The summed E-state index contributed by atoms with van der Waals surface area (Å²) in [5.41, 5.74) is 1.81. The molecule has 2 aromatic rings. The molecule has 142 valence electrons. The fourth-order valence-corrected chi connectivity index (χ4v) is 3.40. The number of nitrogens with zero attached hydrogens (tertiary/aromatic N) is 2. The molecule has 0 radical (unpaired) electrons. The maximum absolute atomic E-state index is 12.6. The van der Waals surface area contributed by atoms with Crippen LogP contribution in [-0.2, 0) is 4.79 Å². The van der Waals surface area contributed by atoms with Gasteiger partial charge in [0.2, 0.25) is 5.91 Å². The molecule has 1 heterocycles. The SMILES string of the molecule is CC(NC(=O)C(C)N1CCN(C(=O)c2ccccc2)CC1)c1ccccc1. The van der Waals surface area contributed by atoms with Crippen molar-refractivity contribution in [3.05, 3.63) is 71.8 Å². The van der Waals surface area contributed by atoms with Gasteiger partial charge in [-0.3, -0.25) is 14.5 Å². The van der Waals surface area contributed by atoms with Gasteiger partial charge in [0.1, 0.15) is 0 Å². The largest absolute Gasteiger partial charge is 0.348 e. The van der Waals surface area contributed by atoms with Gasteiger partial charge < -0.3 is 10.2 Å². The summed E-state index contributed by atoms with van der Waals surface area (Å²) in [6, 6.07) is 19.1. The van der Waals surface area contributed by atoms with Crippen molar-refractivity contribution in [2.24, 2.45) is 0 Å². The fourth-order valence-electron chi connectivity index (χ4n) is 3.40. The van der Waals surface area contributed by atoms with E-state index in [1.807, 2.05) is 79.4 Å². The Bertz CT molecular complexity index is 756. The van der Waals surface area contributed by atoms with E-state index in [0.717, 1.165) is 5.56 Å². The Labute approximate surface area is 161 Å². The number of benzene rings is 2. The van der Waals surface area contributed by atoms with Crippen LogP contribution in [0.3, 0.4) is 0 Å². The molecule has 2 amide bonds. The van der Waals surface area contributed by atoms with E-state index >= 15 is 0 Å². The number of hydrogen-bond donors (Lipinski definition) is 1. The van der Waals surface area contributed by atoms with Crippen LogP contribution in [0.25, 0.3) is 0 Å². The lowest BCUT2D eigenvalue weighted by Crippen LogP contribution is -2.55. The highest BCUT2D eigenvalue weighted by Crippen LogP contribution is 2.14. The number of rotatable bonds is 5. The molecule has 3 rings (SSSR count). The summed E-state index contributed by atoms with van der Waals surface area (Å²) in [5.74, 6) is 0.0826. The van der Waals surface area contributed by atoms with Crippen LogP contribution >= 0.6 is 0 Å². The average molecular weight is 365 g/mol. The second kappa shape index (κ2) is 8.82. The number of carbonyl (C=O) groups is 2. The third-order valence-electron chi connectivity index (χ3n) is 5.21. The zero-order chi connectivity index (χ0) is 19.2. The third-order valence-corrected chi connectivity index (χ3v) is 5.21. The van der Waals surface area contributed by atoms with Crippen molar-refractivity contribution in [2.45, 2.75) is 25.9 Å². The molecule has 1 saturated heterocycles. The molecule has 1 aliphatic heterocycles. The summed E-state index contributed by atoms with van der Waals surface area (Å²) < 4.78 is 0. The van der Waals surface area contributed by atoms with Crippen LogP contribution in [0.15, 0.2) is 60.7 Å². The molecule has 0 aliphatic carbocycles. The molecule has 2 unspecified atom stereocenters. The van der Waals surface area contributed by atoms with Gasteiger partial charge in [0.25, 0.3) is 5.91 Å². The molecule has 2 atom stereocenters. The molecule has 0 saturated carbocycles. The molecule has 5 nitrogen and oxygen atoms in total. The van der Waals surface area contributed by atoms with E-state index in [0.29, 0.717) is 31.7 Å². The van der Waals surface area contributed by atoms with Crippen molar-refractivity contribution in [1.82, 2.24) is 15.1 Å². The van der Waals surface area contributed by atoms with Gasteiger partial charge in [-0.1, -0.05) is 48.5 Å². The Hall–Kier alpha value is -2.66. The number of nitrogens with one attached hydrogen (secondary N) is 1. The summed E-state index contributed by atoms with van der Waals surface area (Å²) in [4.78, 5) is 29.2. The van der Waals surface area contributed by atoms with E-state index in [-0.39, 0.29) is 23.9 Å². The van der Waals surface area contributed by atoms with Crippen molar-refractivity contribution in [3.8, 4) is 0 Å². The Balaban J connectivity index is 1.51. The van der Waals surface area contributed by atoms with Crippen LogP contribution in [0.1, 0.15) is 35.8 Å². The second-order valence-corrected chi connectivity index (χ2v) is 7.01. The normalized spacial score (nSPS) is 17.2. The molecular formula is C22H27N3O2. The molecule has 0 bridgehead atoms. The van der Waals surface area contributed by atoms with Crippen molar-refractivity contribution in [1.29, 1.82) is 0 Å². The minimum absolute atomic E-state index is 0.0224. The second-order valence-electron chi connectivity index (χ2n) is 7.01. The predicted octanol–water partition coefficient (Wildman–Crippen LogP) is 2.71. The quantitative estimate of drug-likeness (QED) is 0.886. The Morgan fingerprint density at radius 3 is 2.00 bits per heavy atom. The highest BCUT2D eigenvalue weighted by atomic mass is 16.2. The molecule has 2 aromatic carbocycles. The van der Waals surface area contributed by atoms with E-state index in [9.17, 15) is 9.59 Å². The predicted molar refractivity (Wildman–Crippen MR) is 106 cm³/mol. The zero-order valence-electron chi connectivity index (χ0n) is 16.0. The first kappa shape index (κ1) is 19.1. The summed E-state index contributed by atoms with van der Waals surface area (Å²) in [7, 11) is 0. The third kappa shape index (κ3) is 4.74. The lowest BCUT2D eigenvalue weighted by molar-refractivity contribution is -0.127. The van der Waals surface area contributed by atoms with Crippen molar-refractivity contribution in [3.63, 3.8) is 0 Å². The van der Waals surface area contributed by atoms with Crippen LogP contribution in [0.5, 0.6) is 0 Å². The number of carbonyl (C=O) groups excluding carboxylic acids is 2. The van der Waals surface area contributed by atoms with E-state index < -0.39 is 0 Å². The van der Waals surface area contributed by atoms with Crippen LogP contribution in [0.2, 0.25) is 0 Å². The number of amides is 2. The van der Waals surface area contributed by atoms with Crippen LogP contribution in [-0.4, -0.2) is 53.8 Å². The highest BCUT2D eigenvalue weighted by molar-refractivity contribution is 5.94. The summed E-state index contributed by atoms with van der Waals surface area (Å²) >= 11 is 0. The number of piperazine rings is 1. The smallest absolute Gasteiger partial charge is 0.253 e. The van der Waals surface area contributed by atoms with Crippen LogP contribution < -0.4 is 5.32 Å². The Kier molecular flexibility index (Phi) is 6.24. The van der Waals surface area contributed by atoms with Crippen LogP contribution in [0, 0.1) is 0 Å². The molecular weight excluding hydrogens is 338 g/mol. The molecule has 1 aliphatic rings. The van der Waals surface area contributed by atoms with Gasteiger partial charge >= 0.3 is 0 Å². The summed E-state index contributed by atoms with van der Waals surface area (Å²) in [6.07, 6.45) is 0. The first-order valence-corrected chi connectivity index (χ1v) is 9.50. The average Bonchev–Trinajstić information content (AvgIpc) is 2.74. The molecule has 1 fully saturated rings. The monoisotopic (exact) mass is 365 g/mol. The summed E-state index contributed by atoms with van der Waals surface area (Å²) in [6.45, 7) is 6.61. The topological polar surface area (TPSA) is 52.7 Å². The van der Waals surface area contributed by atoms with Gasteiger partial charge in [-0.05, 0) is 31.5 Å². The van der Waals surface area contributed by atoms with E-state index in [2.05, 4.69) is 10.2 Å². The molecule has 0 aromatic heterocycles. The molecule has 5 heteroatoms. The van der Waals surface area contributed by atoms with Crippen molar-refractivity contribution in [2.75, 3.05) is 26.2 Å². The van der Waals surface area contributed by atoms with Gasteiger partial charge in [0, 0.05) is 31.7 Å². The first-order chi connectivity index (χ1) is 13.1. The lowest BCUT2D eigenvalue weighted by atomic mass is 10.1. The number of hydrogen-bond acceptors (Lipinski definition) is 3. The molecule has 27 heavy (non-hydrogen) atoms. The minimum Gasteiger partial charge on any atom is -0.348 e. The Morgan fingerprint density at radius 1 is 0.852 bits per heavy atom. The highest BCUT2D eigenvalue weighted by Gasteiger charge is 2.28. The zero-order valence-corrected chi connectivity index (χ0v) is 16.0. The van der Waals surface area contributed by atoms with Crippen molar-refractivity contribution < 1.29 is 9.59 Å². The van der Waals surface area contributed by atoms with Gasteiger partial charge in [-0.2, -0.15) is 0 Å². The molecule has 1 N–H and O–H groups in total.